The van der Waals surface area contributed by atoms with Crippen LogP contribution in [0.1, 0.15) is 19.8 Å². The number of ether oxygens (including phenoxy) is 1. The van der Waals surface area contributed by atoms with Crippen LogP contribution in [0.3, 0.4) is 0 Å². The molecule has 86 valence electrons. The van der Waals surface area contributed by atoms with Crippen molar-refractivity contribution in [3.8, 4) is 0 Å². The maximum Gasteiger partial charge on any atom is 0.331 e. The van der Waals surface area contributed by atoms with Crippen LogP contribution in [0.5, 0.6) is 0 Å². The monoisotopic (exact) mass is 212 g/mol. The predicted molar refractivity (Wildman–Crippen MR) is 59.4 cm³/mol. The molecule has 1 N–H and O–H groups in total. The summed E-state index contributed by atoms with van der Waals surface area (Å²) in [6, 6.07) is 0.523. The van der Waals surface area contributed by atoms with E-state index in [2.05, 4.69) is 21.9 Å². The molecule has 1 aliphatic rings. The van der Waals surface area contributed by atoms with Crippen molar-refractivity contribution in [2.24, 2.45) is 0 Å². The number of hydrogen-bond donors (Lipinski definition) is 1. The van der Waals surface area contributed by atoms with Gasteiger partial charge < -0.3 is 10.1 Å². The van der Waals surface area contributed by atoms with Crippen LogP contribution in [0.4, 0.5) is 0 Å². The number of esters is 1. The Morgan fingerprint density at radius 1 is 1.53 bits per heavy atom. The molecule has 1 atom stereocenters. The third-order valence-electron chi connectivity index (χ3n) is 2.72. The molecule has 0 spiro atoms. The average molecular weight is 212 g/mol. The molecule has 0 aromatic carbocycles. The van der Waals surface area contributed by atoms with Crippen LogP contribution >= 0.6 is 0 Å². The first-order valence-corrected chi connectivity index (χ1v) is 5.46. The third-order valence-corrected chi connectivity index (χ3v) is 2.72. The molecular weight excluding hydrogens is 192 g/mol. The zero-order chi connectivity index (χ0) is 11.1. The lowest BCUT2D eigenvalue weighted by Crippen LogP contribution is -2.37. The normalized spacial score (nSPS) is 19.3. The first-order valence-electron chi connectivity index (χ1n) is 5.46. The van der Waals surface area contributed by atoms with Crippen LogP contribution in [0, 0.1) is 0 Å². The summed E-state index contributed by atoms with van der Waals surface area (Å²) in [4.78, 5) is 13.2. The van der Waals surface area contributed by atoms with Crippen LogP contribution in [-0.2, 0) is 9.53 Å². The van der Waals surface area contributed by atoms with E-state index in [-0.39, 0.29) is 5.97 Å². The third kappa shape index (κ3) is 4.34. The van der Waals surface area contributed by atoms with E-state index in [0.717, 1.165) is 6.54 Å². The van der Waals surface area contributed by atoms with E-state index < -0.39 is 0 Å². The predicted octanol–water partition coefficient (Wildman–Crippen LogP) is 0.747. The molecule has 0 saturated carbocycles. The average Bonchev–Trinajstić information content (AvgIpc) is 2.77. The van der Waals surface area contributed by atoms with Crippen molar-refractivity contribution in [1.29, 1.82) is 0 Å². The minimum absolute atomic E-state index is 0.323. The highest BCUT2D eigenvalue weighted by atomic mass is 16.5. The van der Waals surface area contributed by atoms with E-state index in [1.54, 1.807) is 6.20 Å². The van der Waals surface area contributed by atoms with Crippen LogP contribution < -0.4 is 5.32 Å². The summed E-state index contributed by atoms with van der Waals surface area (Å²) in [7, 11) is 1.37. The molecule has 0 amide bonds. The lowest BCUT2D eigenvalue weighted by atomic mass is 10.3. The van der Waals surface area contributed by atoms with Crippen molar-refractivity contribution in [2.75, 3.05) is 26.7 Å². The second-order valence-corrected chi connectivity index (χ2v) is 3.86. The van der Waals surface area contributed by atoms with Gasteiger partial charge in [0, 0.05) is 24.9 Å². The van der Waals surface area contributed by atoms with Gasteiger partial charge in [-0.2, -0.15) is 0 Å². The maximum absolute atomic E-state index is 10.8. The molecule has 0 aliphatic carbocycles. The van der Waals surface area contributed by atoms with Gasteiger partial charge in [0.2, 0.25) is 0 Å². The molecule has 1 unspecified atom stereocenters. The Balaban J connectivity index is 2.13. The molecule has 1 rings (SSSR count). The summed E-state index contributed by atoms with van der Waals surface area (Å²) in [5.41, 5.74) is 0. The maximum atomic E-state index is 10.8. The van der Waals surface area contributed by atoms with E-state index in [1.807, 2.05) is 0 Å². The number of carbonyl (C=O) groups is 1. The number of nitrogens with zero attached hydrogens (tertiary/aromatic N) is 1. The van der Waals surface area contributed by atoms with E-state index in [0.29, 0.717) is 6.04 Å². The largest absolute Gasteiger partial charge is 0.466 e. The molecule has 1 aliphatic heterocycles. The van der Waals surface area contributed by atoms with Crippen molar-refractivity contribution in [1.82, 2.24) is 10.2 Å². The lowest BCUT2D eigenvalue weighted by Gasteiger charge is -2.23. The van der Waals surface area contributed by atoms with E-state index in [4.69, 9.17) is 0 Å². The Labute approximate surface area is 91.3 Å². The summed E-state index contributed by atoms with van der Waals surface area (Å²) >= 11 is 0. The van der Waals surface area contributed by atoms with Crippen molar-refractivity contribution >= 4 is 5.97 Å². The van der Waals surface area contributed by atoms with Gasteiger partial charge in [0.15, 0.2) is 0 Å². The molecule has 1 fully saturated rings. The van der Waals surface area contributed by atoms with Crippen molar-refractivity contribution in [3.05, 3.63) is 12.3 Å². The summed E-state index contributed by atoms with van der Waals surface area (Å²) in [5.74, 6) is -0.323. The number of likely N-dealkylation sites (tertiary alicyclic amines) is 1. The first-order chi connectivity index (χ1) is 7.24. The van der Waals surface area contributed by atoms with E-state index in [9.17, 15) is 4.79 Å². The fourth-order valence-corrected chi connectivity index (χ4v) is 1.75. The minimum Gasteiger partial charge on any atom is -0.466 e. The van der Waals surface area contributed by atoms with E-state index in [1.165, 1.54) is 39.1 Å². The van der Waals surface area contributed by atoms with Crippen molar-refractivity contribution < 1.29 is 9.53 Å². The zero-order valence-corrected chi connectivity index (χ0v) is 9.53. The molecule has 0 radical (unpaired) electrons. The van der Waals surface area contributed by atoms with Crippen LogP contribution in [0.25, 0.3) is 0 Å². The molecule has 4 heteroatoms. The van der Waals surface area contributed by atoms with Gasteiger partial charge in [-0.3, -0.25) is 4.90 Å². The summed E-state index contributed by atoms with van der Waals surface area (Å²) in [5, 5.41) is 3.10. The highest BCUT2D eigenvalue weighted by Gasteiger charge is 2.16. The first kappa shape index (κ1) is 12.0. The van der Waals surface area contributed by atoms with Crippen LogP contribution in [0.15, 0.2) is 12.3 Å². The molecule has 1 saturated heterocycles. The number of carbonyl (C=O) groups excluding carboxylic acids is 1. The van der Waals surface area contributed by atoms with Gasteiger partial charge in [0.1, 0.15) is 0 Å². The number of nitrogens with one attached hydrogen (secondary N) is 1. The van der Waals surface area contributed by atoms with Gasteiger partial charge in [-0.05, 0) is 32.9 Å². The quantitative estimate of drug-likeness (QED) is 0.539. The van der Waals surface area contributed by atoms with Gasteiger partial charge in [-0.1, -0.05) is 0 Å². The van der Waals surface area contributed by atoms with Crippen LogP contribution in [-0.4, -0.2) is 43.7 Å². The van der Waals surface area contributed by atoms with Crippen molar-refractivity contribution in [2.45, 2.75) is 25.8 Å². The highest BCUT2D eigenvalue weighted by Crippen LogP contribution is 2.10. The van der Waals surface area contributed by atoms with Gasteiger partial charge in [-0.15, -0.1) is 0 Å². The Bertz CT molecular complexity index is 223. The fraction of sp³-hybridized carbons (Fsp3) is 0.727. The molecule has 15 heavy (non-hydrogen) atoms. The second-order valence-electron chi connectivity index (χ2n) is 3.86. The van der Waals surface area contributed by atoms with Crippen LogP contribution in [0.2, 0.25) is 0 Å². The number of rotatable bonds is 5. The fourth-order valence-electron chi connectivity index (χ4n) is 1.75. The smallest absolute Gasteiger partial charge is 0.331 e. The number of methoxy groups -OCH3 is 1. The Morgan fingerprint density at radius 3 is 2.80 bits per heavy atom. The second kappa shape index (κ2) is 6.45. The van der Waals surface area contributed by atoms with Gasteiger partial charge >= 0.3 is 5.97 Å². The Kier molecular flexibility index (Phi) is 5.18. The van der Waals surface area contributed by atoms with Gasteiger partial charge in [0.05, 0.1) is 7.11 Å². The van der Waals surface area contributed by atoms with Crippen molar-refractivity contribution in [3.63, 3.8) is 0 Å². The van der Waals surface area contributed by atoms with Gasteiger partial charge in [0.25, 0.3) is 0 Å². The molecule has 1 heterocycles. The summed E-state index contributed by atoms with van der Waals surface area (Å²) < 4.78 is 4.48. The summed E-state index contributed by atoms with van der Waals surface area (Å²) in [6.45, 7) is 5.46. The molecule has 0 bridgehead atoms. The van der Waals surface area contributed by atoms with E-state index >= 15 is 0 Å². The molecule has 0 aromatic rings. The Morgan fingerprint density at radius 2 is 2.20 bits per heavy atom. The lowest BCUT2D eigenvalue weighted by molar-refractivity contribution is -0.134. The minimum atomic E-state index is -0.323. The standard InChI is InChI=1S/C11H20N2O2/c1-10(13-7-3-4-8-13)9-12-6-5-11(14)15-2/h5-6,10,12H,3-4,7-9H2,1-2H3/b6-5+. The molecular formula is C11H20N2O2. The molecule has 0 aromatic heterocycles. The highest BCUT2D eigenvalue weighted by molar-refractivity contribution is 5.81. The Hall–Kier alpha value is -1.03. The van der Waals surface area contributed by atoms with Gasteiger partial charge in [-0.25, -0.2) is 4.79 Å². The number of hydrogen-bond acceptors (Lipinski definition) is 4. The zero-order valence-electron chi connectivity index (χ0n) is 9.53. The SMILES string of the molecule is COC(=O)/C=C/NCC(C)N1CCCC1. The topological polar surface area (TPSA) is 41.6 Å². The molecule has 4 nitrogen and oxygen atoms in total. The summed E-state index contributed by atoms with van der Waals surface area (Å²) in [6.07, 6.45) is 5.67.